The zero-order valence-corrected chi connectivity index (χ0v) is 19.5. The number of hydrogen-bond acceptors (Lipinski definition) is 6. The molecule has 168 valence electrons. The van der Waals surface area contributed by atoms with Crippen LogP contribution in [0.2, 0.25) is 0 Å². The fourth-order valence-corrected chi connectivity index (χ4v) is 5.25. The van der Waals surface area contributed by atoms with Crippen LogP contribution in [0.15, 0.2) is 71.9 Å². The number of thioether (sulfide) groups is 1. The Morgan fingerprint density at radius 2 is 1.59 bits per heavy atom. The summed E-state index contributed by atoms with van der Waals surface area (Å²) in [6, 6.07) is 18.7. The Morgan fingerprint density at radius 1 is 1.03 bits per heavy atom. The molecule has 9 heteroatoms. The summed E-state index contributed by atoms with van der Waals surface area (Å²) in [5.41, 5.74) is 0.856. The van der Waals surface area contributed by atoms with Gasteiger partial charge in [-0.15, -0.1) is 24.2 Å². The third kappa shape index (κ3) is 4.95. The molecule has 0 spiro atoms. The lowest BCUT2D eigenvalue weighted by Crippen LogP contribution is -2.54. The van der Waals surface area contributed by atoms with Gasteiger partial charge in [0.15, 0.2) is 11.7 Å². The van der Waals surface area contributed by atoms with Crippen LogP contribution in [0.3, 0.4) is 0 Å². The molecule has 32 heavy (non-hydrogen) atoms. The van der Waals surface area contributed by atoms with Gasteiger partial charge in [0.2, 0.25) is 5.91 Å². The van der Waals surface area contributed by atoms with Crippen molar-refractivity contribution in [3.8, 4) is 0 Å². The van der Waals surface area contributed by atoms with Crippen molar-refractivity contribution in [1.82, 2.24) is 4.90 Å². The number of hydrogen-bond donors (Lipinski definition) is 0. The third-order valence-corrected chi connectivity index (χ3v) is 6.64. The normalized spacial score (nSPS) is 18.3. The first-order valence-corrected chi connectivity index (χ1v) is 11.2. The van der Waals surface area contributed by atoms with Gasteiger partial charge >= 0.3 is 11.9 Å². The number of β-lactam (4-membered cyclic amide) rings is 1. The smallest absolute Gasteiger partial charge is 0.356 e. The minimum Gasteiger partial charge on any atom is -0.448 e. The molecule has 2 aromatic rings. The minimum atomic E-state index is -1.16. The molecule has 0 saturated carbocycles. The van der Waals surface area contributed by atoms with E-state index in [0.29, 0.717) is 17.7 Å². The highest BCUT2D eigenvalue weighted by molar-refractivity contribution is 8.00. The lowest BCUT2D eigenvalue weighted by atomic mass is 10.0. The van der Waals surface area contributed by atoms with E-state index in [1.807, 2.05) is 60.7 Å². The highest BCUT2D eigenvalue weighted by Crippen LogP contribution is 2.43. The Balaban J connectivity index is 0.00000289. The molecule has 1 amide bonds. The van der Waals surface area contributed by atoms with Crippen molar-refractivity contribution in [2.45, 2.75) is 30.4 Å². The molecule has 2 heterocycles. The average Bonchev–Trinajstić information content (AvgIpc) is 2.76. The van der Waals surface area contributed by atoms with Gasteiger partial charge in [-0.1, -0.05) is 72.3 Å². The number of carbonyl (C=O) groups excluding carboxylic acids is 3. The van der Waals surface area contributed by atoms with E-state index in [9.17, 15) is 14.4 Å². The third-order valence-electron chi connectivity index (χ3n) is 5.05. The maximum absolute atomic E-state index is 13.4. The lowest BCUT2D eigenvalue weighted by molar-refractivity contribution is -0.152. The van der Waals surface area contributed by atoms with Crippen LogP contribution in [0.5, 0.6) is 0 Å². The largest absolute Gasteiger partial charge is 0.448 e. The van der Waals surface area contributed by atoms with E-state index in [4.69, 9.17) is 21.1 Å². The second-order valence-corrected chi connectivity index (χ2v) is 8.70. The summed E-state index contributed by atoms with van der Waals surface area (Å²) >= 11 is 7.77. The van der Waals surface area contributed by atoms with Gasteiger partial charge in [-0.05, 0) is 11.1 Å². The summed E-state index contributed by atoms with van der Waals surface area (Å²) in [4.78, 5) is 38.5. The molecule has 0 aliphatic carbocycles. The molecule has 0 N–H and O–H groups in total. The van der Waals surface area contributed by atoms with Gasteiger partial charge in [0, 0.05) is 18.2 Å². The predicted octanol–water partition coefficient (Wildman–Crippen LogP) is 4.43. The van der Waals surface area contributed by atoms with Crippen molar-refractivity contribution >= 4 is 53.6 Å². The number of carbonyl (C=O) groups is 3. The number of nitrogens with zero attached hydrogens (tertiary/aromatic N) is 1. The summed E-state index contributed by atoms with van der Waals surface area (Å²) in [6.07, 6.45) is -0.327. The second kappa shape index (κ2) is 10.4. The molecular formula is C23H21Cl2NO5S. The van der Waals surface area contributed by atoms with E-state index in [2.05, 4.69) is 0 Å². The van der Waals surface area contributed by atoms with Gasteiger partial charge in [-0.2, -0.15) is 0 Å². The van der Waals surface area contributed by atoms with Crippen LogP contribution >= 0.6 is 35.8 Å². The number of halogens is 2. The second-order valence-electron chi connectivity index (χ2n) is 7.14. The fourth-order valence-electron chi connectivity index (χ4n) is 3.56. The molecule has 1 unspecified atom stereocenters. The molecule has 0 radical (unpaired) electrons. The summed E-state index contributed by atoms with van der Waals surface area (Å²) in [5.74, 6) is -1.08. The van der Waals surface area contributed by atoms with E-state index in [-0.39, 0.29) is 29.4 Å². The SMILES string of the molecule is CC(=O)OC(Cl)C1=C(C(=O)OC(c2ccccc2)c2ccccc2)N2C(=O)C[C@H]2SC1.Cl. The van der Waals surface area contributed by atoms with Crippen molar-refractivity contribution in [3.63, 3.8) is 0 Å². The predicted molar refractivity (Wildman–Crippen MR) is 124 cm³/mol. The number of fused-ring (bicyclic) bond motifs is 1. The van der Waals surface area contributed by atoms with E-state index >= 15 is 0 Å². The molecular weight excluding hydrogens is 473 g/mol. The Bertz CT molecular complexity index is 992. The maximum atomic E-state index is 13.4. The van der Waals surface area contributed by atoms with Crippen molar-refractivity contribution in [1.29, 1.82) is 0 Å². The van der Waals surface area contributed by atoms with Crippen molar-refractivity contribution < 1.29 is 23.9 Å². The first-order valence-electron chi connectivity index (χ1n) is 9.74. The van der Waals surface area contributed by atoms with Gasteiger partial charge in [-0.25, -0.2) is 4.79 Å². The monoisotopic (exact) mass is 493 g/mol. The van der Waals surface area contributed by atoms with Crippen LogP contribution in [0.4, 0.5) is 0 Å². The zero-order valence-electron chi connectivity index (χ0n) is 17.1. The van der Waals surface area contributed by atoms with Gasteiger partial charge in [0.1, 0.15) is 5.70 Å². The molecule has 0 bridgehead atoms. The summed E-state index contributed by atoms with van der Waals surface area (Å²) in [7, 11) is 0. The molecule has 2 aromatic carbocycles. The Labute approximate surface area is 201 Å². The standard InChI is InChI=1S/C23H20ClNO5S.ClH/c1-14(26)29-22(24)17-13-31-19-12-18(27)25(19)20(17)23(28)30-21(15-8-4-2-5-9-15)16-10-6-3-7-11-16;/h2-11,19,21-22H,12-13H2,1H3;1H/t19-,22?;/m1./s1. The molecule has 2 atom stereocenters. The molecule has 2 aliphatic rings. The van der Waals surface area contributed by atoms with Crippen molar-refractivity contribution in [3.05, 3.63) is 83.1 Å². The minimum absolute atomic E-state index is 0. The highest BCUT2D eigenvalue weighted by Gasteiger charge is 2.47. The molecule has 1 saturated heterocycles. The molecule has 1 fully saturated rings. The van der Waals surface area contributed by atoms with Gasteiger partial charge in [-0.3, -0.25) is 14.5 Å². The molecule has 4 rings (SSSR count). The molecule has 2 aliphatic heterocycles. The van der Waals surface area contributed by atoms with E-state index in [0.717, 1.165) is 11.1 Å². The summed E-state index contributed by atoms with van der Waals surface area (Å²) < 4.78 is 11.0. The fraction of sp³-hybridized carbons (Fsp3) is 0.261. The molecule has 0 aromatic heterocycles. The van der Waals surface area contributed by atoms with E-state index in [1.54, 1.807) is 0 Å². The van der Waals surface area contributed by atoms with E-state index < -0.39 is 23.6 Å². The van der Waals surface area contributed by atoms with Gasteiger partial charge in [0.05, 0.1) is 11.8 Å². The van der Waals surface area contributed by atoms with Crippen molar-refractivity contribution in [2.24, 2.45) is 0 Å². The zero-order chi connectivity index (χ0) is 22.0. The Morgan fingerprint density at radius 3 is 2.09 bits per heavy atom. The topological polar surface area (TPSA) is 72.9 Å². The van der Waals surface area contributed by atoms with E-state index in [1.165, 1.54) is 23.6 Å². The Kier molecular flexibility index (Phi) is 7.87. The highest BCUT2D eigenvalue weighted by atomic mass is 35.5. The summed E-state index contributed by atoms with van der Waals surface area (Å²) in [5, 5.41) is -0.146. The Hall–Kier alpha value is -2.48. The number of ether oxygens (including phenoxy) is 2. The van der Waals surface area contributed by atoms with Crippen LogP contribution in [0, 0.1) is 0 Å². The maximum Gasteiger partial charge on any atom is 0.356 e. The molecule has 6 nitrogen and oxygen atoms in total. The average molecular weight is 494 g/mol. The quantitative estimate of drug-likeness (QED) is 0.336. The van der Waals surface area contributed by atoms with Gasteiger partial charge < -0.3 is 9.47 Å². The number of esters is 2. The number of alkyl halides is 1. The van der Waals surface area contributed by atoms with Crippen LogP contribution in [-0.2, 0) is 23.9 Å². The lowest BCUT2D eigenvalue weighted by Gasteiger charge is -2.45. The van der Waals surface area contributed by atoms with Crippen LogP contribution < -0.4 is 0 Å². The number of amides is 1. The van der Waals surface area contributed by atoms with Gasteiger partial charge in [0.25, 0.3) is 0 Å². The number of rotatable bonds is 6. The van der Waals surface area contributed by atoms with Crippen LogP contribution in [0.1, 0.15) is 30.6 Å². The van der Waals surface area contributed by atoms with Crippen LogP contribution in [-0.4, -0.2) is 39.4 Å². The summed E-state index contributed by atoms with van der Waals surface area (Å²) in [6.45, 7) is 1.24. The first kappa shape index (κ1) is 24.2. The van der Waals surface area contributed by atoms with Crippen molar-refractivity contribution in [2.75, 3.05) is 5.75 Å². The van der Waals surface area contributed by atoms with Crippen LogP contribution in [0.25, 0.3) is 0 Å². The number of benzene rings is 2. The first-order chi connectivity index (χ1) is 15.0.